The molecule has 0 bridgehead atoms. The van der Waals surface area contributed by atoms with Crippen LogP contribution in [0.3, 0.4) is 0 Å². The second-order valence-electron chi connectivity index (χ2n) is 5.57. The normalized spacial score (nSPS) is 14.1. The van der Waals surface area contributed by atoms with Crippen molar-refractivity contribution in [2.45, 2.75) is 12.8 Å². The van der Waals surface area contributed by atoms with Gasteiger partial charge in [-0.1, -0.05) is 42.5 Å². The number of para-hydroxylation sites is 1. The van der Waals surface area contributed by atoms with E-state index in [4.69, 9.17) is 4.42 Å². The molecule has 0 spiro atoms. The van der Waals surface area contributed by atoms with Crippen LogP contribution < -0.4 is 5.32 Å². The molecule has 2 heterocycles. The fraction of sp³-hybridized carbons (Fsp3) is 0.211. The van der Waals surface area contributed by atoms with E-state index in [0.717, 1.165) is 37.3 Å². The number of rotatable bonds is 4. The summed E-state index contributed by atoms with van der Waals surface area (Å²) in [4.78, 5) is 4.55. The van der Waals surface area contributed by atoms with Gasteiger partial charge in [-0.25, -0.2) is 0 Å². The maximum absolute atomic E-state index is 5.63. The van der Waals surface area contributed by atoms with Gasteiger partial charge in [-0.05, 0) is 30.0 Å². The molecule has 2 aromatic carbocycles. The Bertz CT molecular complexity index is 832. The first-order chi connectivity index (χ1) is 10.9. The van der Waals surface area contributed by atoms with E-state index >= 15 is 0 Å². The van der Waals surface area contributed by atoms with Crippen molar-refractivity contribution in [2.75, 3.05) is 13.1 Å². The Labute approximate surface area is 129 Å². The van der Waals surface area contributed by atoms with Crippen molar-refractivity contribution in [1.29, 1.82) is 0 Å². The predicted octanol–water partition coefficient (Wildman–Crippen LogP) is 3.57. The van der Waals surface area contributed by atoms with E-state index in [1.807, 2.05) is 6.07 Å². The summed E-state index contributed by atoms with van der Waals surface area (Å²) in [6, 6.07) is 16.9. The Morgan fingerprint density at radius 3 is 2.73 bits per heavy atom. The maximum atomic E-state index is 5.63. The van der Waals surface area contributed by atoms with Crippen molar-refractivity contribution < 1.29 is 4.42 Å². The van der Waals surface area contributed by atoms with Crippen molar-refractivity contribution in [3.8, 4) is 0 Å². The van der Waals surface area contributed by atoms with Gasteiger partial charge in [-0.15, -0.1) is 0 Å². The van der Waals surface area contributed by atoms with Gasteiger partial charge in [0.05, 0.1) is 12.8 Å². The van der Waals surface area contributed by atoms with Gasteiger partial charge in [0.1, 0.15) is 11.4 Å². The van der Waals surface area contributed by atoms with Crippen LogP contribution >= 0.6 is 0 Å². The van der Waals surface area contributed by atoms with Gasteiger partial charge in [0.2, 0.25) is 0 Å². The second-order valence-corrected chi connectivity index (χ2v) is 5.57. The summed E-state index contributed by atoms with van der Waals surface area (Å²) in [6.45, 7) is 1.81. The zero-order valence-electron chi connectivity index (χ0n) is 12.4. The molecule has 1 aliphatic heterocycles. The minimum absolute atomic E-state index is 0.870. The lowest BCUT2D eigenvalue weighted by Gasteiger charge is -2.10. The highest BCUT2D eigenvalue weighted by Crippen LogP contribution is 2.22. The summed E-state index contributed by atoms with van der Waals surface area (Å²) in [6.07, 6.45) is 3.71. The summed E-state index contributed by atoms with van der Waals surface area (Å²) >= 11 is 0. The first-order valence-corrected chi connectivity index (χ1v) is 7.73. The molecule has 110 valence electrons. The topological polar surface area (TPSA) is 37.5 Å². The minimum Gasteiger partial charge on any atom is -0.464 e. The summed E-state index contributed by atoms with van der Waals surface area (Å²) in [5.74, 6) is 1.03. The van der Waals surface area contributed by atoms with E-state index in [0.29, 0.717) is 0 Å². The van der Waals surface area contributed by atoms with Crippen molar-refractivity contribution in [3.05, 3.63) is 71.5 Å². The molecule has 0 radical (unpaired) electrons. The number of hydrogen-bond acceptors (Lipinski definition) is 3. The van der Waals surface area contributed by atoms with E-state index < -0.39 is 0 Å². The summed E-state index contributed by atoms with van der Waals surface area (Å²) in [7, 11) is 0. The van der Waals surface area contributed by atoms with Crippen molar-refractivity contribution >= 4 is 16.8 Å². The number of nitrogens with zero attached hydrogens (tertiary/aromatic N) is 1. The monoisotopic (exact) mass is 290 g/mol. The fourth-order valence-corrected chi connectivity index (χ4v) is 3.07. The molecule has 3 heteroatoms. The third-order valence-electron chi connectivity index (χ3n) is 4.17. The Balaban J connectivity index is 1.61. The highest BCUT2D eigenvalue weighted by molar-refractivity contribution is 6.01. The third kappa shape index (κ3) is 2.39. The van der Waals surface area contributed by atoms with Gasteiger partial charge in [0, 0.05) is 17.5 Å². The highest BCUT2D eigenvalue weighted by atomic mass is 16.3. The number of aliphatic imine (C=N–C) groups is 1. The lowest BCUT2D eigenvalue weighted by molar-refractivity contribution is 0.610. The number of aryl methyl sites for hydroxylation is 2. The van der Waals surface area contributed by atoms with Gasteiger partial charge < -0.3 is 9.73 Å². The van der Waals surface area contributed by atoms with E-state index in [-0.39, 0.29) is 0 Å². The van der Waals surface area contributed by atoms with Gasteiger partial charge in [-0.2, -0.15) is 0 Å². The van der Waals surface area contributed by atoms with Crippen LogP contribution in [0, 0.1) is 0 Å². The van der Waals surface area contributed by atoms with E-state index in [1.165, 1.54) is 22.1 Å². The smallest absolute Gasteiger partial charge is 0.137 e. The van der Waals surface area contributed by atoms with Crippen LogP contribution in [0.4, 0.5) is 0 Å². The second kappa shape index (κ2) is 5.68. The average molecular weight is 290 g/mol. The van der Waals surface area contributed by atoms with Crippen LogP contribution in [-0.2, 0) is 12.8 Å². The molecular formula is C19H18N2O. The fourth-order valence-electron chi connectivity index (χ4n) is 3.07. The SMILES string of the molecule is c1ccc(C2=NCCN2)c(CCc2cccc3ccoc23)c1. The van der Waals surface area contributed by atoms with Crippen LogP contribution in [0.1, 0.15) is 16.7 Å². The van der Waals surface area contributed by atoms with Crippen molar-refractivity contribution in [3.63, 3.8) is 0 Å². The number of fused-ring (bicyclic) bond motifs is 1. The highest BCUT2D eigenvalue weighted by Gasteiger charge is 2.12. The molecule has 3 aromatic rings. The van der Waals surface area contributed by atoms with Gasteiger partial charge >= 0.3 is 0 Å². The molecule has 0 fully saturated rings. The Hall–Kier alpha value is -2.55. The number of hydrogen-bond donors (Lipinski definition) is 1. The summed E-state index contributed by atoms with van der Waals surface area (Å²) in [5, 5.41) is 4.54. The lowest BCUT2D eigenvalue weighted by atomic mass is 9.98. The molecule has 3 nitrogen and oxygen atoms in total. The first-order valence-electron chi connectivity index (χ1n) is 7.73. The molecule has 0 saturated carbocycles. The lowest BCUT2D eigenvalue weighted by Crippen LogP contribution is -2.21. The van der Waals surface area contributed by atoms with Crippen LogP contribution in [0.15, 0.2) is 64.2 Å². The zero-order valence-corrected chi connectivity index (χ0v) is 12.4. The van der Waals surface area contributed by atoms with Crippen LogP contribution in [0.5, 0.6) is 0 Å². The van der Waals surface area contributed by atoms with Crippen molar-refractivity contribution in [2.24, 2.45) is 4.99 Å². The standard InChI is InChI=1S/C19H18N2O/c1-2-7-17(19-20-11-12-21-19)14(4-1)8-9-15-5-3-6-16-10-13-22-18(15)16/h1-7,10,13H,8-9,11-12H2,(H,20,21). The molecule has 1 N–H and O–H groups in total. The molecule has 1 aromatic heterocycles. The summed E-state index contributed by atoms with van der Waals surface area (Å²) < 4.78 is 5.63. The zero-order chi connectivity index (χ0) is 14.8. The molecule has 1 aliphatic rings. The molecule has 22 heavy (non-hydrogen) atoms. The number of benzene rings is 2. The van der Waals surface area contributed by atoms with Gasteiger partial charge in [0.15, 0.2) is 0 Å². The molecule has 0 aliphatic carbocycles. The van der Waals surface area contributed by atoms with Crippen molar-refractivity contribution in [1.82, 2.24) is 5.32 Å². The first kappa shape index (κ1) is 13.1. The largest absolute Gasteiger partial charge is 0.464 e. The van der Waals surface area contributed by atoms with Crippen LogP contribution in [0.25, 0.3) is 11.0 Å². The van der Waals surface area contributed by atoms with Gasteiger partial charge in [0.25, 0.3) is 0 Å². The Morgan fingerprint density at radius 1 is 0.955 bits per heavy atom. The Morgan fingerprint density at radius 2 is 1.82 bits per heavy atom. The predicted molar refractivity (Wildman–Crippen MR) is 89.5 cm³/mol. The molecule has 0 amide bonds. The van der Waals surface area contributed by atoms with Gasteiger partial charge in [-0.3, -0.25) is 4.99 Å². The number of nitrogens with one attached hydrogen (secondary N) is 1. The maximum Gasteiger partial charge on any atom is 0.137 e. The van der Waals surface area contributed by atoms with Crippen LogP contribution in [-0.4, -0.2) is 18.9 Å². The number of furan rings is 1. The Kier molecular flexibility index (Phi) is 3.39. The molecule has 0 unspecified atom stereocenters. The molecule has 0 saturated heterocycles. The summed E-state index contributed by atoms with van der Waals surface area (Å²) in [5.41, 5.74) is 4.83. The quantitative estimate of drug-likeness (QED) is 0.797. The van der Waals surface area contributed by atoms with E-state index in [9.17, 15) is 0 Å². The third-order valence-corrected chi connectivity index (χ3v) is 4.17. The van der Waals surface area contributed by atoms with E-state index in [1.54, 1.807) is 6.26 Å². The average Bonchev–Trinajstić information content (AvgIpc) is 3.24. The number of amidine groups is 1. The van der Waals surface area contributed by atoms with Crippen LogP contribution in [0.2, 0.25) is 0 Å². The van der Waals surface area contributed by atoms with E-state index in [2.05, 4.69) is 52.8 Å². The molecule has 4 rings (SSSR count). The molecule has 0 atom stereocenters. The minimum atomic E-state index is 0.870. The molecular weight excluding hydrogens is 272 g/mol.